The Balaban J connectivity index is 3.87. The summed E-state index contributed by atoms with van der Waals surface area (Å²) in [4.78, 5) is 22.9. The van der Waals surface area contributed by atoms with Gasteiger partial charge >= 0.3 is 11.9 Å². The highest BCUT2D eigenvalue weighted by molar-refractivity contribution is 5.75. The summed E-state index contributed by atoms with van der Waals surface area (Å²) in [5.41, 5.74) is -1.14. The molecule has 0 aliphatic rings. The van der Waals surface area contributed by atoms with Crippen molar-refractivity contribution in [1.82, 2.24) is 0 Å². The third-order valence-electron chi connectivity index (χ3n) is 2.32. The molecule has 1 N–H and O–H groups in total. The average Bonchev–Trinajstić information content (AvgIpc) is 2.22. The highest BCUT2D eigenvalue weighted by Gasteiger charge is 2.25. The van der Waals surface area contributed by atoms with Gasteiger partial charge in [-0.2, -0.15) is 0 Å². The van der Waals surface area contributed by atoms with Crippen LogP contribution in [0.1, 0.15) is 48.0 Å². The lowest BCUT2D eigenvalue weighted by Gasteiger charge is -2.19. The predicted octanol–water partition coefficient (Wildman–Crippen LogP) is 1.92. The van der Waals surface area contributed by atoms with Crippen molar-refractivity contribution in [2.75, 3.05) is 13.2 Å². The van der Waals surface area contributed by atoms with Gasteiger partial charge in [0.25, 0.3) is 0 Å². The van der Waals surface area contributed by atoms with Gasteiger partial charge in [0, 0.05) is 6.42 Å². The quantitative estimate of drug-likeness (QED) is 0.775. The maximum Gasteiger partial charge on any atom is 0.311 e. The van der Waals surface area contributed by atoms with Crippen LogP contribution in [0.5, 0.6) is 0 Å². The van der Waals surface area contributed by atoms with Crippen molar-refractivity contribution in [3.63, 3.8) is 0 Å². The first kappa shape index (κ1) is 17.9. The number of hydrogen-bond acceptors (Lipinski definition) is 5. The smallest absolute Gasteiger partial charge is 0.311 e. The standard InChI is InChI=1S/C14H26O5/c1-13(2,3)11(16)18-8-7-10(15)9-19-12(17)14(4,5)6/h10,15H,7-9H2,1-6H3/t10-/m0/s1. The second kappa shape index (κ2) is 6.89. The van der Waals surface area contributed by atoms with Crippen LogP contribution in [0.2, 0.25) is 0 Å². The van der Waals surface area contributed by atoms with E-state index in [2.05, 4.69) is 0 Å². The third kappa shape index (κ3) is 7.82. The van der Waals surface area contributed by atoms with Crippen LogP contribution in [-0.2, 0) is 19.1 Å². The molecular formula is C14H26O5. The number of hydrogen-bond donors (Lipinski definition) is 1. The van der Waals surface area contributed by atoms with Gasteiger partial charge in [-0.3, -0.25) is 9.59 Å². The van der Waals surface area contributed by atoms with Gasteiger partial charge in [-0.1, -0.05) is 0 Å². The van der Waals surface area contributed by atoms with Crippen molar-refractivity contribution in [3.8, 4) is 0 Å². The van der Waals surface area contributed by atoms with Gasteiger partial charge in [0.1, 0.15) is 6.61 Å². The van der Waals surface area contributed by atoms with Gasteiger partial charge < -0.3 is 14.6 Å². The summed E-state index contributed by atoms with van der Waals surface area (Å²) in [6.45, 7) is 10.5. The number of aliphatic hydroxyl groups excluding tert-OH is 1. The number of carbonyl (C=O) groups excluding carboxylic acids is 2. The average molecular weight is 274 g/mol. The summed E-state index contributed by atoms with van der Waals surface area (Å²) in [7, 11) is 0. The van der Waals surface area contributed by atoms with Crippen LogP contribution in [0.3, 0.4) is 0 Å². The van der Waals surface area contributed by atoms with E-state index < -0.39 is 16.9 Å². The highest BCUT2D eigenvalue weighted by Crippen LogP contribution is 2.16. The van der Waals surface area contributed by atoms with Crippen molar-refractivity contribution in [2.24, 2.45) is 10.8 Å². The molecule has 0 fully saturated rings. The van der Waals surface area contributed by atoms with E-state index in [0.29, 0.717) is 0 Å². The Morgan fingerprint density at radius 3 is 1.79 bits per heavy atom. The molecule has 0 amide bonds. The van der Waals surface area contributed by atoms with E-state index in [1.165, 1.54) is 0 Å². The summed E-state index contributed by atoms with van der Waals surface area (Å²) in [6, 6.07) is 0. The molecular weight excluding hydrogens is 248 g/mol. The Bertz CT molecular complexity index is 309. The molecule has 19 heavy (non-hydrogen) atoms. The second-order valence-electron chi connectivity index (χ2n) is 6.68. The van der Waals surface area contributed by atoms with Gasteiger partial charge in [0.05, 0.1) is 23.5 Å². The van der Waals surface area contributed by atoms with Crippen LogP contribution in [0.15, 0.2) is 0 Å². The summed E-state index contributed by atoms with van der Waals surface area (Å²) in [5, 5.41) is 9.61. The molecule has 0 bridgehead atoms. The van der Waals surface area contributed by atoms with E-state index in [1.807, 2.05) is 0 Å². The third-order valence-corrected chi connectivity index (χ3v) is 2.32. The van der Waals surface area contributed by atoms with Gasteiger partial charge in [-0.05, 0) is 41.5 Å². The molecule has 0 aliphatic carbocycles. The molecule has 0 heterocycles. The fourth-order valence-corrected chi connectivity index (χ4v) is 0.976. The fraction of sp³-hybridized carbons (Fsp3) is 0.857. The second-order valence-corrected chi connectivity index (χ2v) is 6.68. The molecule has 0 unspecified atom stereocenters. The first-order valence-electron chi connectivity index (χ1n) is 6.47. The maximum atomic E-state index is 11.5. The van der Waals surface area contributed by atoms with Crippen LogP contribution in [-0.4, -0.2) is 36.4 Å². The first-order valence-corrected chi connectivity index (χ1v) is 6.47. The van der Waals surface area contributed by atoms with Gasteiger partial charge in [0.15, 0.2) is 0 Å². The molecule has 0 aromatic heterocycles. The monoisotopic (exact) mass is 274 g/mol. The molecule has 5 nitrogen and oxygen atoms in total. The molecule has 0 aromatic rings. The number of esters is 2. The Kier molecular flexibility index (Phi) is 6.49. The summed E-state index contributed by atoms with van der Waals surface area (Å²) in [5.74, 6) is -0.676. The summed E-state index contributed by atoms with van der Waals surface area (Å²) >= 11 is 0. The zero-order chi connectivity index (χ0) is 15.3. The Morgan fingerprint density at radius 2 is 1.37 bits per heavy atom. The molecule has 0 aliphatic heterocycles. The van der Waals surface area contributed by atoms with Gasteiger partial charge in [0.2, 0.25) is 0 Å². The molecule has 0 radical (unpaired) electrons. The fourth-order valence-electron chi connectivity index (χ4n) is 0.976. The van der Waals surface area contributed by atoms with Gasteiger partial charge in [-0.15, -0.1) is 0 Å². The zero-order valence-corrected chi connectivity index (χ0v) is 12.8. The maximum absolute atomic E-state index is 11.5. The number of carbonyl (C=O) groups is 2. The topological polar surface area (TPSA) is 72.8 Å². The van der Waals surface area contributed by atoms with E-state index in [9.17, 15) is 14.7 Å². The van der Waals surface area contributed by atoms with Crippen molar-refractivity contribution in [3.05, 3.63) is 0 Å². The van der Waals surface area contributed by atoms with E-state index >= 15 is 0 Å². The van der Waals surface area contributed by atoms with Crippen molar-refractivity contribution in [1.29, 1.82) is 0 Å². The van der Waals surface area contributed by atoms with Crippen molar-refractivity contribution in [2.45, 2.75) is 54.1 Å². The Morgan fingerprint density at radius 1 is 0.947 bits per heavy atom. The van der Waals surface area contributed by atoms with Gasteiger partial charge in [-0.25, -0.2) is 0 Å². The zero-order valence-electron chi connectivity index (χ0n) is 12.8. The lowest BCUT2D eigenvalue weighted by molar-refractivity contribution is -0.158. The molecule has 0 saturated carbocycles. The number of aliphatic hydroxyl groups is 1. The molecule has 1 atom stereocenters. The van der Waals surface area contributed by atoms with E-state index in [0.717, 1.165) is 0 Å². The van der Waals surface area contributed by atoms with Crippen LogP contribution in [0.25, 0.3) is 0 Å². The van der Waals surface area contributed by atoms with Crippen LogP contribution in [0.4, 0.5) is 0 Å². The van der Waals surface area contributed by atoms with Crippen molar-refractivity contribution < 1.29 is 24.2 Å². The minimum absolute atomic E-state index is 0.0802. The van der Waals surface area contributed by atoms with Crippen molar-refractivity contribution >= 4 is 11.9 Å². The predicted molar refractivity (Wildman–Crippen MR) is 71.5 cm³/mol. The Labute approximate surface area is 115 Å². The van der Waals surface area contributed by atoms with E-state index in [4.69, 9.17) is 9.47 Å². The minimum Gasteiger partial charge on any atom is -0.465 e. The minimum atomic E-state index is -0.820. The van der Waals surface area contributed by atoms with Crippen LogP contribution >= 0.6 is 0 Å². The highest BCUT2D eigenvalue weighted by atomic mass is 16.5. The van der Waals surface area contributed by atoms with E-state index in [-0.39, 0.29) is 31.6 Å². The van der Waals surface area contributed by atoms with Crippen LogP contribution < -0.4 is 0 Å². The molecule has 0 spiro atoms. The summed E-state index contributed by atoms with van der Waals surface area (Å²) < 4.78 is 9.98. The largest absolute Gasteiger partial charge is 0.465 e. The normalized spacial score (nSPS) is 13.8. The lowest BCUT2D eigenvalue weighted by Crippen LogP contribution is -2.29. The first-order chi connectivity index (χ1) is 8.44. The number of ether oxygens (including phenoxy) is 2. The number of rotatable bonds is 5. The Hall–Kier alpha value is -1.10. The molecule has 5 heteroatoms. The van der Waals surface area contributed by atoms with Crippen LogP contribution in [0, 0.1) is 10.8 Å². The molecule has 112 valence electrons. The molecule has 0 rings (SSSR count). The lowest BCUT2D eigenvalue weighted by atomic mass is 9.97. The molecule has 0 aromatic carbocycles. The van der Waals surface area contributed by atoms with E-state index in [1.54, 1.807) is 41.5 Å². The SMILES string of the molecule is CC(C)(C)C(=O)OCC[C@H](O)COC(=O)C(C)(C)C. The molecule has 0 saturated heterocycles. The summed E-state index contributed by atoms with van der Waals surface area (Å²) in [6.07, 6.45) is -0.571.